The predicted octanol–water partition coefficient (Wildman–Crippen LogP) is 3.81. The first-order chi connectivity index (χ1) is 8.34. The molecule has 0 amide bonds. The number of benzene rings is 1. The van der Waals surface area contributed by atoms with Gasteiger partial charge in [-0.15, -0.1) is 12.4 Å². The van der Waals surface area contributed by atoms with Gasteiger partial charge in [-0.1, -0.05) is 6.92 Å². The van der Waals surface area contributed by atoms with Gasteiger partial charge in [0, 0.05) is 6.04 Å². The fourth-order valence-corrected chi connectivity index (χ4v) is 1.62. The third kappa shape index (κ3) is 5.70. The molecule has 0 aromatic heterocycles. The van der Waals surface area contributed by atoms with Crippen LogP contribution in [-0.2, 0) is 12.6 Å². The molecule has 0 heterocycles. The molecule has 0 saturated carbocycles. The first-order valence-corrected chi connectivity index (χ1v) is 5.93. The van der Waals surface area contributed by atoms with Crippen LogP contribution in [0, 0.1) is 0 Å². The van der Waals surface area contributed by atoms with Crippen molar-refractivity contribution in [2.24, 2.45) is 5.73 Å². The largest absolute Gasteiger partial charge is 0.493 e. The molecular weight excluding hydrogens is 279 g/mol. The Hall–Kier alpha value is -0.940. The number of nitrogens with two attached hydrogens (primary N) is 1. The van der Waals surface area contributed by atoms with E-state index in [1.54, 1.807) is 6.92 Å². The van der Waals surface area contributed by atoms with Gasteiger partial charge in [0.25, 0.3) is 0 Å². The Labute approximate surface area is 117 Å². The molecule has 0 spiro atoms. The molecule has 2 nitrogen and oxygen atoms in total. The van der Waals surface area contributed by atoms with E-state index in [2.05, 4.69) is 0 Å². The van der Waals surface area contributed by atoms with Crippen molar-refractivity contribution < 1.29 is 17.9 Å². The molecule has 0 aliphatic carbocycles. The topological polar surface area (TPSA) is 35.2 Å². The van der Waals surface area contributed by atoms with Gasteiger partial charge in [-0.3, -0.25) is 0 Å². The van der Waals surface area contributed by atoms with E-state index >= 15 is 0 Å². The summed E-state index contributed by atoms with van der Waals surface area (Å²) in [6, 6.07) is 3.32. The molecule has 0 fully saturated rings. The molecule has 1 unspecified atom stereocenters. The molecule has 2 N–H and O–H groups in total. The van der Waals surface area contributed by atoms with Gasteiger partial charge in [-0.2, -0.15) is 13.2 Å². The van der Waals surface area contributed by atoms with Crippen molar-refractivity contribution >= 4 is 12.4 Å². The van der Waals surface area contributed by atoms with Crippen molar-refractivity contribution in [1.29, 1.82) is 0 Å². The normalized spacial score (nSPS) is 12.7. The van der Waals surface area contributed by atoms with Crippen molar-refractivity contribution in [1.82, 2.24) is 0 Å². The number of ether oxygens (including phenoxy) is 1. The lowest BCUT2D eigenvalue weighted by atomic mass is 10.0. The zero-order chi connectivity index (χ0) is 13.8. The Bertz CT molecular complexity index is 394. The van der Waals surface area contributed by atoms with Gasteiger partial charge in [-0.05, 0) is 43.5 Å². The molecular formula is C13H19ClF3NO. The van der Waals surface area contributed by atoms with Gasteiger partial charge in [0.05, 0.1) is 12.2 Å². The van der Waals surface area contributed by atoms with Gasteiger partial charge in [0.2, 0.25) is 0 Å². The molecule has 6 heteroatoms. The lowest BCUT2D eigenvalue weighted by Crippen LogP contribution is -2.19. The molecule has 0 saturated heterocycles. The highest BCUT2D eigenvalue weighted by atomic mass is 35.5. The summed E-state index contributed by atoms with van der Waals surface area (Å²) in [6.45, 7) is 4.18. The number of hydrogen-bond donors (Lipinski definition) is 1. The predicted molar refractivity (Wildman–Crippen MR) is 71.8 cm³/mol. The van der Waals surface area contributed by atoms with Crippen LogP contribution in [0.2, 0.25) is 0 Å². The van der Waals surface area contributed by atoms with Crippen molar-refractivity contribution in [3.63, 3.8) is 0 Å². The molecule has 1 rings (SSSR count). The SMILES string of the molecule is CCCOc1ccc(C(F)(F)F)cc1CC(C)N.Cl. The van der Waals surface area contributed by atoms with Crippen LogP contribution < -0.4 is 10.5 Å². The molecule has 0 radical (unpaired) electrons. The van der Waals surface area contributed by atoms with E-state index < -0.39 is 11.7 Å². The summed E-state index contributed by atoms with van der Waals surface area (Å²) in [5.74, 6) is 0.488. The zero-order valence-electron chi connectivity index (χ0n) is 11.0. The third-order valence-corrected chi connectivity index (χ3v) is 2.39. The monoisotopic (exact) mass is 297 g/mol. The number of rotatable bonds is 5. The summed E-state index contributed by atoms with van der Waals surface area (Å²) < 4.78 is 43.3. The van der Waals surface area contributed by atoms with E-state index in [-0.39, 0.29) is 18.4 Å². The maximum Gasteiger partial charge on any atom is 0.416 e. The highest BCUT2D eigenvalue weighted by Crippen LogP contribution is 2.33. The maximum absolute atomic E-state index is 12.6. The van der Waals surface area contributed by atoms with E-state index in [1.807, 2.05) is 6.92 Å². The minimum Gasteiger partial charge on any atom is -0.493 e. The average Bonchev–Trinajstić information content (AvgIpc) is 2.25. The second-order valence-electron chi connectivity index (χ2n) is 4.35. The Morgan fingerprint density at radius 1 is 1.32 bits per heavy atom. The number of alkyl halides is 3. The van der Waals surface area contributed by atoms with E-state index in [9.17, 15) is 13.2 Å². The Morgan fingerprint density at radius 2 is 1.95 bits per heavy atom. The lowest BCUT2D eigenvalue weighted by molar-refractivity contribution is -0.137. The van der Waals surface area contributed by atoms with E-state index in [1.165, 1.54) is 6.07 Å². The Kier molecular flexibility index (Phi) is 7.23. The molecule has 110 valence electrons. The standard InChI is InChI=1S/C13H18F3NO.ClH/c1-3-6-18-12-5-4-11(13(14,15)16)8-10(12)7-9(2)17;/h4-5,8-9H,3,6-7,17H2,1-2H3;1H. The van der Waals surface area contributed by atoms with Gasteiger partial charge >= 0.3 is 6.18 Å². The Morgan fingerprint density at radius 3 is 2.42 bits per heavy atom. The van der Waals surface area contributed by atoms with E-state index in [4.69, 9.17) is 10.5 Å². The van der Waals surface area contributed by atoms with E-state index in [0.29, 0.717) is 24.3 Å². The highest BCUT2D eigenvalue weighted by Gasteiger charge is 2.31. The third-order valence-electron chi connectivity index (χ3n) is 2.39. The van der Waals surface area contributed by atoms with Gasteiger partial charge < -0.3 is 10.5 Å². The highest BCUT2D eigenvalue weighted by molar-refractivity contribution is 5.85. The maximum atomic E-state index is 12.6. The first kappa shape index (κ1) is 18.1. The van der Waals surface area contributed by atoms with Crippen molar-refractivity contribution in [3.8, 4) is 5.75 Å². The van der Waals surface area contributed by atoms with Crippen molar-refractivity contribution in [2.75, 3.05) is 6.61 Å². The fourth-order valence-electron chi connectivity index (χ4n) is 1.62. The lowest BCUT2D eigenvalue weighted by Gasteiger charge is -2.15. The van der Waals surface area contributed by atoms with Crippen LogP contribution in [0.5, 0.6) is 5.75 Å². The summed E-state index contributed by atoms with van der Waals surface area (Å²) in [6.07, 6.45) is -3.17. The minimum absolute atomic E-state index is 0. The smallest absolute Gasteiger partial charge is 0.416 e. The Balaban J connectivity index is 0.00000324. The summed E-state index contributed by atoms with van der Waals surface area (Å²) in [4.78, 5) is 0. The first-order valence-electron chi connectivity index (χ1n) is 5.93. The summed E-state index contributed by atoms with van der Waals surface area (Å²) >= 11 is 0. The van der Waals surface area contributed by atoms with Crippen LogP contribution in [0.4, 0.5) is 13.2 Å². The summed E-state index contributed by atoms with van der Waals surface area (Å²) in [5.41, 5.74) is 5.49. The van der Waals surface area contributed by atoms with Crippen LogP contribution >= 0.6 is 12.4 Å². The van der Waals surface area contributed by atoms with Crippen LogP contribution in [0.25, 0.3) is 0 Å². The minimum atomic E-state index is -4.34. The zero-order valence-corrected chi connectivity index (χ0v) is 11.8. The molecule has 0 aliphatic heterocycles. The van der Waals surface area contributed by atoms with Gasteiger partial charge in [0.15, 0.2) is 0 Å². The molecule has 19 heavy (non-hydrogen) atoms. The average molecular weight is 298 g/mol. The van der Waals surface area contributed by atoms with Crippen molar-refractivity contribution in [3.05, 3.63) is 29.3 Å². The summed E-state index contributed by atoms with van der Waals surface area (Å²) in [5, 5.41) is 0. The quantitative estimate of drug-likeness (QED) is 0.897. The second-order valence-corrected chi connectivity index (χ2v) is 4.35. The molecule has 0 bridgehead atoms. The molecule has 1 atom stereocenters. The number of hydrogen-bond acceptors (Lipinski definition) is 2. The summed E-state index contributed by atoms with van der Waals surface area (Å²) in [7, 11) is 0. The molecule has 1 aromatic carbocycles. The van der Waals surface area contributed by atoms with E-state index in [0.717, 1.165) is 18.6 Å². The van der Waals surface area contributed by atoms with Gasteiger partial charge in [0.1, 0.15) is 5.75 Å². The van der Waals surface area contributed by atoms with Crippen molar-refractivity contribution in [2.45, 2.75) is 38.9 Å². The molecule has 0 aliphatic rings. The van der Waals surface area contributed by atoms with Gasteiger partial charge in [-0.25, -0.2) is 0 Å². The van der Waals surface area contributed by atoms with Crippen LogP contribution in [0.15, 0.2) is 18.2 Å². The number of halogens is 4. The fraction of sp³-hybridized carbons (Fsp3) is 0.538. The van der Waals surface area contributed by atoms with Crippen LogP contribution in [0.1, 0.15) is 31.4 Å². The second kappa shape index (κ2) is 7.60. The molecule has 1 aromatic rings. The van der Waals surface area contributed by atoms with Crippen LogP contribution in [0.3, 0.4) is 0 Å². The van der Waals surface area contributed by atoms with Crippen LogP contribution in [-0.4, -0.2) is 12.6 Å².